The van der Waals surface area contributed by atoms with Gasteiger partial charge in [-0.05, 0) is 0 Å². The number of hydrogen-bond acceptors (Lipinski definition) is 0. The summed E-state index contributed by atoms with van der Waals surface area (Å²) >= 11 is 0. The molecule has 0 saturated heterocycles. The minimum absolute atomic E-state index is 0. The van der Waals surface area contributed by atoms with Gasteiger partial charge in [-0.3, -0.25) is 0 Å². The fourth-order valence-electron chi connectivity index (χ4n) is 0. The third kappa shape index (κ3) is 81.9. The van der Waals surface area contributed by atoms with Gasteiger partial charge in [0.1, 0.15) is 0 Å². The van der Waals surface area contributed by atoms with Gasteiger partial charge in [0.25, 0.3) is 0 Å². The van der Waals surface area contributed by atoms with Crippen molar-refractivity contribution in [1.82, 2.24) is 0 Å². The maximum Gasteiger partial charge on any atom is 2.00 e. The molecule has 0 aromatic heterocycles. The van der Waals surface area contributed by atoms with E-state index >= 15 is 0 Å². The van der Waals surface area contributed by atoms with E-state index in [2.05, 4.69) is 6.92 Å². The van der Waals surface area contributed by atoms with Crippen molar-refractivity contribution in [3.63, 3.8) is 0 Å². The summed E-state index contributed by atoms with van der Waals surface area (Å²) in [4.78, 5) is 0. The van der Waals surface area contributed by atoms with Crippen LogP contribution in [0.25, 0.3) is 0 Å². The molecule has 0 aliphatic heterocycles. The summed E-state index contributed by atoms with van der Waals surface area (Å²) in [5, 5.41) is 0. The maximum atomic E-state index is 3.49. The fraction of sp³-hybridized carbons (Fsp3) is 0.500. The van der Waals surface area contributed by atoms with E-state index in [4.69, 9.17) is 0 Å². The normalized spacial score (nSPS) is 3.60. The standard InChI is InChI=1S/C3H7.CH3.Zn/c1-3-2;;/h1,3H2,2H3;1H3;/q2*-1;+2. The van der Waals surface area contributed by atoms with Crippen LogP contribution < -0.4 is 0 Å². The van der Waals surface area contributed by atoms with Crippen LogP contribution in [0.5, 0.6) is 0 Å². The molecule has 0 N–H and O–H groups in total. The smallest absolute Gasteiger partial charge is 0.358 e. The van der Waals surface area contributed by atoms with Crippen molar-refractivity contribution in [3.05, 3.63) is 14.4 Å². The third-order valence-electron chi connectivity index (χ3n) is 0. The second-order valence-corrected chi connectivity index (χ2v) is 0.500. The molecular weight excluding hydrogens is 113 g/mol. The van der Waals surface area contributed by atoms with Gasteiger partial charge in [0.05, 0.1) is 0 Å². The first-order valence-electron chi connectivity index (χ1n) is 1.21. The molecule has 0 saturated carbocycles. The number of rotatable bonds is 0. The van der Waals surface area contributed by atoms with Gasteiger partial charge in [-0.2, -0.15) is 6.42 Å². The molecule has 0 radical (unpaired) electrons. The maximum absolute atomic E-state index is 3.49. The largest absolute Gasteiger partial charge is 2.00 e. The van der Waals surface area contributed by atoms with Crippen molar-refractivity contribution >= 4 is 0 Å². The van der Waals surface area contributed by atoms with Crippen LogP contribution in [0.3, 0.4) is 0 Å². The molecule has 1 heteroatoms. The van der Waals surface area contributed by atoms with E-state index in [9.17, 15) is 0 Å². The van der Waals surface area contributed by atoms with Gasteiger partial charge in [0.15, 0.2) is 0 Å². The topological polar surface area (TPSA) is 0 Å². The summed E-state index contributed by atoms with van der Waals surface area (Å²) in [6.45, 7) is 5.50. The van der Waals surface area contributed by atoms with Gasteiger partial charge >= 0.3 is 19.5 Å². The molecule has 0 aromatic carbocycles. The molecule has 28 valence electrons. The van der Waals surface area contributed by atoms with Crippen LogP contribution in [0.4, 0.5) is 0 Å². The second-order valence-electron chi connectivity index (χ2n) is 0.500. The van der Waals surface area contributed by atoms with Crippen molar-refractivity contribution < 1.29 is 19.5 Å². The monoisotopic (exact) mass is 122 g/mol. The minimum Gasteiger partial charge on any atom is -0.358 e. The van der Waals surface area contributed by atoms with Crippen LogP contribution in [-0.4, -0.2) is 0 Å². The first kappa shape index (κ1) is 17.5. The molecule has 0 unspecified atom stereocenters. The Morgan fingerprint density at radius 1 is 1.60 bits per heavy atom. The SMILES string of the molecule is [CH2-]CC.[CH3-].[Zn+2]. The predicted molar refractivity (Wildman–Crippen MR) is 22.1 cm³/mol. The summed E-state index contributed by atoms with van der Waals surface area (Å²) in [7, 11) is 0. The van der Waals surface area contributed by atoms with Crippen molar-refractivity contribution in [2.24, 2.45) is 0 Å². The second kappa shape index (κ2) is 23.0. The number of hydrogen-bond donors (Lipinski definition) is 0. The van der Waals surface area contributed by atoms with Crippen LogP contribution in [-0.2, 0) is 19.5 Å². The Morgan fingerprint density at radius 2 is 1.60 bits per heavy atom. The van der Waals surface area contributed by atoms with Crippen molar-refractivity contribution in [2.75, 3.05) is 0 Å². The van der Waals surface area contributed by atoms with Gasteiger partial charge in [-0.25, -0.2) is 0 Å². The molecule has 0 fully saturated rings. The third-order valence-corrected chi connectivity index (χ3v) is 0. The Kier molecular flexibility index (Phi) is 80.5. The quantitative estimate of drug-likeness (QED) is 0.340. The van der Waals surface area contributed by atoms with Crippen molar-refractivity contribution in [1.29, 1.82) is 0 Å². The van der Waals surface area contributed by atoms with E-state index in [1.165, 1.54) is 0 Å². The Labute approximate surface area is 47.7 Å². The van der Waals surface area contributed by atoms with Crippen LogP contribution >= 0.6 is 0 Å². The molecule has 0 aliphatic carbocycles. The van der Waals surface area contributed by atoms with Crippen molar-refractivity contribution in [2.45, 2.75) is 13.3 Å². The molecular formula is C4H10Zn. The molecule has 0 heterocycles. The summed E-state index contributed by atoms with van der Waals surface area (Å²) in [6, 6.07) is 0. The van der Waals surface area contributed by atoms with E-state index in [0.717, 1.165) is 6.42 Å². The molecule has 5 heavy (non-hydrogen) atoms. The molecule has 0 bridgehead atoms. The fourth-order valence-corrected chi connectivity index (χ4v) is 0. The van der Waals surface area contributed by atoms with Crippen LogP contribution in [0.2, 0.25) is 0 Å². The Hall–Kier alpha value is 0.623. The van der Waals surface area contributed by atoms with E-state index in [0.29, 0.717) is 0 Å². The van der Waals surface area contributed by atoms with Gasteiger partial charge < -0.3 is 14.4 Å². The summed E-state index contributed by atoms with van der Waals surface area (Å²) in [5.74, 6) is 0. The van der Waals surface area contributed by atoms with Gasteiger partial charge in [0, 0.05) is 0 Å². The molecule has 0 aliphatic rings. The molecule has 0 spiro atoms. The van der Waals surface area contributed by atoms with Gasteiger partial charge in [0.2, 0.25) is 0 Å². The molecule has 0 atom stereocenters. The molecule has 0 nitrogen and oxygen atoms in total. The average Bonchev–Trinajstić information content (AvgIpc) is 0.918. The first-order chi connectivity index (χ1) is 1.41. The zero-order valence-electron chi connectivity index (χ0n) is 4.12. The Bertz CT molecular complexity index is 3.61. The van der Waals surface area contributed by atoms with E-state index < -0.39 is 0 Å². The molecule has 0 amide bonds. The first-order valence-corrected chi connectivity index (χ1v) is 1.21. The van der Waals surface area contributed by atoms with Crippen LogP contribution in [0.15, 0.2) is 0 Å². The van der Waals surface area contributed by atoms with Crippen molar-refractivity contribution in [3.8, 4) is 0 Å². The van der Waals surface area contributed by atoms with Gasteiger partial charge in [-0.15, -0.1) is 0 Å². The summed E-state index contributed by atoms with van der Waals surface area (Å²) in [5.41, 5.74) is 0. The van der Waals surface area contributed by atoms with Gasteiger partial charge in [-0.1, -0.05) is 6.92 Å². The summed E-state index contributed by atoms with van der Waals surface area (Å²) in [6.07, 6.45) is 1.00. The summed E-state index contributed by atoms with van der Waals surface area (Å²) < 4.78 is 0. The zero-order chi connectivity index (χ0) is 2.71. The molecule has 0 aromatic rings. The van der Waals surface area contributed by atoms with E-state index in [-0.39, 0.29) is 26.9 Å². The Balaban J connectivity index is -0.0000000200. The van der Waals surface area contributed by atoms with E-state index in [1.807, 2.05) is 6.92 Å². The van der Waals surface area contributed by atoms with E-state index in [1.54, 1.807) is 0 Å². The average molecular weight is 124 g/mol. The van der Waals surface area contributed by atoms with Crippen LogP contribution in [0, 0.1) is 14.4 Å². The predicted octanol–water partition coefficient (Wildman–Crippen LogP) is 1.68. The Morgan fingerprint density at radius 3 is 1.60 bits per heavy atom. The minimum atomic E-state index is 0. The zero-order valence-corrected chi connectivity index (χ0v) is 7.09. The molecule has 0 rings (SSSR count). The van der Waals surface area contributed by atoms with Crippen LogP contribution in [0.1, 0.15) is 13.3 Å².